The highest BCUT2D eigenvalue weighted by Gasteiger charge is 2.14. The first-order valence-electron chi connectivity index (χ1n) is 6.54. The second kappa shape index (κ2) is 5.20. The largest absolute Gasteiger partial charge is 0.303 e. The molecule has 0 aliphatic rings. The molecule has 0 bridgehead atoms. The number of rotatable bonds is 3. The molecule has 4 heteroatoms. The van der Waals surface area contributed by atoms with Gasteiger partial charge in [0.25, 0.3) is 0 Å². The maximum atomic E-state index is 13.8. The number of hydrogen-bond donors (Lipinski definition) is 0. The van der Waals surface area contributed by atoms with Gasteiger partial charge < -0.3 is 4.79 Å². The van der Waals surface area contributed by atoms with Crippen LogP contribution in [-0.2, 0) is 11.2 Å². The monoisotopic (exact) mass is 288 g/mol. The number of hydrogen-bond acceptors (Lipinski definition) is 1. The molecule has 0 atom stereocenters. The van der Waals surface area contributed by atoms with E-state index >= 15 is 0 Å². The highest BCUT2D eigenvalue weighted by atomic mass is 19.2. The molecule has 3 aromatic rings. The molecule has 0 unspecified atom stereocenters. The summed E-state index contributed by atoms with van der Waals surface area (Å²) in [7, 11) is 0. The normalized spacial score (nSPS) is 11.2. The van der Waals surface area contributed by atoms with Crippen molar-refractivity contribution in [2.24, 2.45) is 0 Å². The first kappa shape index (κ1) is 13.6. The van der Waals surface area contributed by atoms with Gasteiger partial charge >= 0.3 is 0 Å². The van der Waals surface area contributed by atoms with Gasteiger partial charge in [-0.15, -0.1) is 0 Å². The van der Waals surface area contributed by atoms with Crippen LogP contribution in [0.3, 0.4) is 0 Å². The fraction of sp³-hybridized carbons (Fsp3) is 0.118. The zero-order valence-electron chi connectivity index (χ0n) is 11.0. The van der Waals surface area contributed by atoms with Crippen LogP contribution in [0.4, 0.5) is 13.2 Å². The average Bonchev–Trinajstić information content (AvgIpc) is 2.50. The van der Waals surface area contributed by atoms with Gasteiger partial charge in [0.15, 0.2) is 17.5 Å². The van der Waals surface area contributed by atoms with Crippen LogP contribution < -0.4 is 0 Å². The molecule has 0 heterocycles. The third-order valence-corrected chi connectivity index (χ3v) is 3.59. The van der Waals surface area contributed by atoms with Crippen molar-refractivity contribution >= 4 is 27.8 Å². The molecule has 0 aliphatic carbocycles. The van der Waals surface area contributed by atoms with E-state index in [4.69, 9.17) is 0 Å². The number of benzene rings is 3. The number of carbonyl (C=O) groups excluding carboxylic acids is 1. The SMILES string of the molecule is O=CCCc1ccc2c(ccc3c(F)c(F)c(F)cc32)c1. The summed E-state index contributed by atoms with van der Waals surface area (Å²) in [6.45, 7) is 0. The molecule has 3 rings (SSSR count). The molecular formula is C17H11F3O. The summed E-state index contributed by atoms with van der Waals surface area (Å²) in [4.78, 5) is 10.4. The van der Waals surface area contributed by atoms with Crippen molar-refractivity contribution in [1.82, 2.24) is 0 Å². The molecular weight excluding hydrogens is 277 g/mol. The topological polar surface area (TPSA) is 17.1 Å². The Balaban J connectivity index is 2.26. The molecule has 1 nitrogen and oxygen atoms in total. The maximum absolute atomic E-state index is 13.8. The van der Waals surface area contributed by atoms with E-state index < -0.39 is 17.5 Å². The number of halogens is 3. The molecule has 0 saturated heterocycles. The van der Waals surface area contributed by atoms with Gasteiger partial charge in [0, 0.05) is 11.8 Å². The van der Waals surface area contributed by atoms with E-state index in [2.05, 4.69) is 0 Å². The van der Waals surface area contributed by atoms with Gasteiger partial charge in [-0.25, -0.2) is 13.2 Å². The minimum atomic E-state index is -1.45. The molecule has 3 aromatic carbocycles. The molecule has 0 amide bonds. The van der Waals surface area contributed by atoms with Crippen molar-refractivity contribution in [3.05, 3.63) is 59.4 Å². The molecule has 0 N–H and O–H groups in total. The summed E-state index contributed by atoms with van der Waals surface area (Å²) in [5.41, 5.74) is 0.969. The standard InChI is InChI=1S/C17H11F3O/c18-15-9-14-12-5-3-10(2-1-7-21)8-11(12)4-6-13(14)16(19)17(15)20/h3-9H,1-2H2. The van der Waals surface area contributed by atoms with E-state index in [-0.39, 0.29) is 5.39 Å². The summed E-state index contributed by atoms with van der Waals surface area (Å²) in [5.74, 6) is -3.82. The third-order valence-electron chi connectivity index (χ3n) is 3.59. The van der Waals surface area contributed by atoms with Crippen molar-refractivity contribution in [3.63, 3.8) is 0 Å². The van der Waals surface area contributed by atoms with Crippen LogP contribution in [-0.4, -0.2) is 6.29 Å². The van der Waals surface area contributed by atoms with Gasteiger partial charge in [-0.05, 0) is 34.2 Å². The van der Waals surface area contributed by atoms with Crippen LogP contribution in [0.1, 0.15) is 12.0 Å². The van der Waals surface area contributed by atoms with E-state index in [0.717, 1.165) is 23.3 Å². The molecule has 0 aromatic heterocycles. The van der Waals surface area contributed by atoms with Gasteiger partial charge in [-0.2, -0.15) is 0 Å². The van der Waals surface area contributed by atoms with Crippen LogP contribution in [0.25, 0.3) is 21.5 Å². The number of carbonyl (C=O) groups is 1. The Morgan fingerprint density at radius 3 is 2.38 bits per heavy atom. The Morgan fingerprint density at radius 1 is 0.857 bits per heavy atom. The quantitative estimate of drug-likeness (QED) is 0.393. The molecule has 106 valence electrons. The minimum absolute atomic E-state index is 0.0574. The van der Waals surface area contributed by atoms with Gasteiger partial charge in [0.1, 0.15) is 6.29 Å². The molecule has 21 heavy (non-hydrogen) atoms. The lowest BCUT2D eigenvalue weighted by atomic mass is 9.98. The Bertz CT molecular complexity index is 856. The smallest absolute Gasteiger partial charge is 0.195 e. The van der Waals surface area contributed by atoms with Crippen molar-refractivity contribution in [2.75, 3.05) is 0 Å². The molecule has 0 aliphatic heterocycles. The van der Waals surface area contributed by atoms with Gasteiger partial charge in [-0.1, -0.05) is 30.3 Å². The Hall–Kier alpha value is -2.36. The number of aldehydes is 1. The highest BCUT2D eigenvalue weighted by molar-refractivity contribution is 6.07. The van der Waals surface area contributed by atoms with Gasteiger partial charge in [0.05, 0.1) is 0 Å². The number of aryl methyl sites for hydroxylation is 1. The lowest BCUT2D eigenvalue weighted by molar-refractivity contribution is -0.107. The summed E-state index contributed by atoms with van der Waals surface area (Å²) >= 11 is 0. The Labute approximate surface area is 119 Å². The van der Waals surface area contributed by atoms with Crippen LogP contribution in [0, 0.1) is 17.5 Å². The van der Waals surface area contributed by atoms with E-state index in [1.54, 1.807) is 12.1 Å². The minimum Gasteiger partial charge on any atom is -0.303 e. The lowest BCUT2D eigenvalue weighted by Gasteiger charge is -2.08. The average molecular weight is 288 g/mol. The fourth-order valence-electron chi connectivity index (χ4n) is 2.54. The van der Waals surface area contributed by atoms with Crippen molar-refractivity contribution < 1.29 is 18.0 Å². The second-order valence-electron chi connectivity index (χ2n) is 4.91. The predicted molar refractivity (Wildman–Crippen MR) is 75.7 cm³/mol. The second-order valence-corrected chi connectivity index (χ2v) is 4.91. The zero-order chi connectivity index (χ0) is 15.0. The van der Waals surface area contributed by atoms with Crippen LogP contribution in [0.5, 0.6) is 0 Å². The van der Waals surface area contributed by atoms with Crippen molar-refractivity contribution in [2.45, 2.75) is 12.8 Å². The first-order valence-corrected chi connectivity index (χ1v) is 6.54. The van der Waals surface area contributed by atoms with Crippen LogP contribution in [0.2, 0.25) is 0 Å². The predicted octanol–water partition coefficient (Wildman–Crippen LogP) is 4.54. The van der Waals surface area contributed by atoms with E-state index in [9.17, 15) is 18.0 Å². The Morgan fingerprint density at radius 2 is 1.62 bits per heavy atom. The zero-order valence-corrected chi connectivity index (χ0v) is 11.0. The first-order chi connectivity index (χ1) is 10.1. The third kappa shape index (κ3) is 2.27. The summed E-state index contributed by atoms with van der Waals surface area (Å²) in [5, 5.41) is 1.85. The maximum Gasteiger partial charge on any atom is 0.195 e. The van der Waals surface area contributed by atoms with Crippen molar-refractivity contribution in [1.29, 1.82) is 0 Å². The highest BCUT2D eigenvalue weighted by Crippen LogP contribution is 2.30. The fourth-order valence-corrected chi connectivity index (χ4v) is 2.54. The summed E-state index contributed by atoms with van der Waals surface area (Å²) in [6.07, 6.45) is 1.88. The van der Waals surface area contributed by atoms with Gasteiger partial charge in [-0.3, -0.25) is 0 Å². The molecule has 0 saturated carbocycles. The van der Waals surface area contributed by atoms with E-state index in [0.29, 0.717) is 23.6 Å². The van der Waals surface area contributed by atoms with Crippen molar-refractivity contribution in [3.8, 4) is 0 Å². The molecule has 0 fully saturated rings. The summed E-state index contributed by atoms with van der Waals surface area (Å²) < 4.78 is 40.5. The van der Waals surface area contributed by atoms with Crippen LogP contribution in [0.15, 0.2) is 36.4 Å². The lowest BCUT2D eigenvalue weighted by Crippen LogP contribution is -1.93. The van der Waals surface area contributed by atoms with E-state index in [1.807, 2.05) is 12.1 Å². The molecule has 0 spiro atoms. The number of fused-ring (bicyclic) bond motifs is 3. The van der Waals surface area contributed by atoms with Crippen LogP contribution >= 0.6 is 0 Å². The van der Waals surface area contributed by atoms with Gasteiger partial charge in [0.2, 0.25) is 0 Å². The van der Waals surface area contributed by atoms with E-state index in [1.165, 1.54) is 6.07 Å². The Kier molecular flexibility index (Phi) is 3.37. The molecule has 0 radical (unpaired) electrons. The summed E-state index contributed by atoms with van der Waals surface area (Å²) in [6, 6.07) is 9.55.